The second-order valence-electron chi connectivity index (χ2n) is 6.11. The van der Waals surface area contributed by atoms with Gasteiger partial charge in [0.1, 0.15) is 0 Å². The normalized spacial score (nSPS) is 17.8. The van der Waals surface area contributed by atoms with Crippen molar-refractivity contribution in [1.82, 2.24) is 10.2 Å². The first kappa shape index (κ1) is 18.3. The van der Waals surface area contributed by atoms with Crippen molar-refractivity contribution in [3.05, 3.63) is 35.9 Å². The maximum Gasteiger partial charge on any atom is 0.305 e. The first-order valence-electron chi connectivity index (χ1n) is 8.89. The van der Waals surface area contributed by atoms with Gasteiger partial charge in [-0.1, -0.05) is 30.3 Å². The van der Waals surface area contributed by atoms with Crippen molar-refractivity contribution in [1.29, 1.82) is 0 Å². The van der Waals surface area contributed by atoms with E-state index in [9.17, 15) is 4.79 Å². The van der Waals surface area contributed by atoms with Crippen molar-refractivity contribution in [2.45, 2.75) is 38.5 Å². The van der Waals surface area contributed by atoms with Crippen LogP contribution >= 0.6 is 0 Å². The molecule has 0 saturated carbocycles. The van der Waals surface area contributed by atoms with Gasteiger partial charge in [-0.2, -0.15) is 0 Å². The van der Waals surface area contributed by atoms with Crippen molar-refractivity contribution in [2.75, 3.05) is 33.3 Å². The summed E-state index contributed by atoms with van der Waals surface area (Å²) >= 11 is 0. The largest absolute Gasteiger partial charge is 0.469 e. The van der Waals surface area contributed by atoms with Crippen molar-refractivity contribution >= 4 is 11.9 Å². The number of unbranched alkanes of at least 4 members (excludes halogenated alkanes) is 1. The molecule has 1 aliphatic rings. The fraction of sp³-hybridized carbons (Fsp3) is 0.579. The number of benzene rings is 1. The Balaban J connectivity index is 1.84. The molecule has 0 amide bonds. The summed E-state index contributed by atoms with van der Waals surface area (Å²) < 4.78 is 4.66. The maximum absolute atomic E-state index is 11.1. The molecule has 1 saturated heterocycles. The zero-order chi connectivity index (χ0) is 17.2. The van der Waals surface area contributed by atoms with Gasteiger partial charge in [0.25, 0.3) is 0 Å². The third-order valence-electron chi connectivity index (χ3n) is 4.37. The van der Waals surface area contributed by atoms with Crippen molar-refractivity contribution in [2.24, 2.45) is 4.99 Å². The highest BCUT2D eigenvalue weighted by molar-refractivity contribution is 5.80. The lowest BCUT2D eigenvalue weighted by Gasteiger charge is -2.21. The summed E-state index contributed by atoms with van der Waals surface area (Å²) in [4.78, 5) is 18.2. The monoisotopic (exact) mass is 331 g/mol. The molecule has 1 N–H and O–H groups in total. The number of esters is 1. The van der Waals surface area contributed by atoms with Gasteiger partial charge in [-0.3, -0.25) is 9.79 Å². The number of nitrogens with zero attached hydrogens (tertiary/aromatic N) is 2. The number of carbonyl (C=O) groups excluding carboxylic acids is 1. The van der Waals surface area contributed by atoms with E-state index >= 15 is 0 Å². The summed E-state index contributed by atoms with van der Waals surface area (Å²) in [5.41, 5.74) is 1.41. The van der Waals surface area contributed by atoms with Crippen LogP contribution in [-0.4, -0.2) is 50.1 Å². The molecule has 1 unspecified atom stereocenters. The Morgan fingerprint density at radius 2 is 2.12 bits per heavy atom. The van der Waals surface area contributed by atoms with Gasteiger partial charge < -0.3 is 15.0 Å². The minimum absolute atomic E-state index is 0.142. The quantitative estimate of drug-likeness (QED) is 0.361. The number of hydrogen-bond acceptors (Lipinski definition) is 3. The molecule has 5 heteroatoms. The van der Waals surface area contributed by atoms with E-state index in [4.69, 9.17) is 4.99 Å². The number of likely N-dealkylation sites (tertiary alicyclic amines) is 1. The summed E-state index contributed by atoms with van der Waals surface area (Å²) in [7, 11) is 1.43. The lowest BCUT2D eigenvalue weighted by molar-refractivity contribution is -0.140. The van der Waals surface area contributed by atoms with E-state index in [1.807, 2.05) is 0 Å². The molecule has 1 aliphatic heterocycles. The van der Waals surface area contributed by atoms with E-state index in [2.05, 4.69) is 52.2 Å². The molecule has 1 heterocycles. The smallest absolute Gasteiger partial charge is 0.305 e. The molecule has 0 bridgehead atoms. The number of hydrogen-bond donors (Lipinski definition) is 1. The third-order valence-corrected chi connectivity index (χ3v) is 4.37. The molecule has 1 aromatic carbocycles. The zero-order valence-electron chi connectivity index (χ0n) is 14.8. The summed E-state index contributed by atoms with van der Waals surface area (Å²) in [6.45, 7) is 5.75. The van der Waals surface area contributed by atoms with Crippen LogP contribution in [0, 0.1) is 0 Å². The highest BCUT2D eigenvalue weighted by Gasteiger charge is 2.25. The molecule has 5 nitrogen and oxygen atoms in total. The second kappa shape index (κ2) is 9.96. The highest BCUT2D eigenvalue weighted by atomic mass is 16.5. The maximum atomic E-state index is 11.1. The van der Waals surface area contributed by atoms with Gasteiger partial charge >= 0.3 is 5.97 Å². The van der Waals surface area contributed by atoms with Crippen LogP contribution in [0.3, 0.4) is 0 Å². The summed E-state index contributed by atoms with van der Waals surface area (Å²) in [5.74, 6) is 1.43. The molecule has 1 fully saturated rings. The number of methoxy groups -OCH3 is 1. The Morgan fingerprint density at radius 3 is 2.83 bits per heavy atom. The molecule has 1 aromatic rings. The van der Waals surface area contributed by atoms with E-state index in [1.165, 1.54) is 12.7 Å². The molecular weight excluding hydrogens is 302 g/mol. The fourth-order valence-electron chi connectivity index (χ4n) is 3.04. The van der Waals surface area contributed by atoms with E-state index in [0.717, 1.165) is 51.4 Å². The molecule has 0 radical (unpaired) electrons. The summed E-state index contributed by atoms with van der Waals surface area (Å²) in [6.07, 6.45) is 3.36. The van der Waals surface area contributed by atoms with Crippen LogP contribution in [0.2, 0.25) is 0 Å². The predicted molar refractivity (Wildman–Crippen MR) is 97.2 cm³/mol. The van der Waals surface area contributed by atoms with Crippen LogP contribution in [0.4, 0.5) is 0 Å². The van der Waals surface area contributed by atoms with Crippen LogP contribution in [0.5, 0.6) is 0 Å². The minimum atomic E-state index is -0.142. The van der Waals surface area contributed by atoms with E-state index in [0.29, 0.717) is 12.3 Å². The lowest BCUT2D eigenvalue weighted by atomic mass is 9.99. The number of guanidine groups is 1. The van der Waals surface area contributed by atoms with Crippen LogP contribution in [0.15, 0.2) is 35.3 Å². The fourth-order valence-corrected chi connectivity index (χ4v) is 3.04. The van der Waals surface area contributed by atoms with E-state index in [1.54, 1.807) is 0 Å². The molecule has 0 aromatic heterocycles. The standard InChI is InChI=1S/C19H29N3O2/c1-3-20-19(21-13-8-7-11-18(23)24-2)22-14-12-17(15-22)16-9-5-4-6-10-16/h4-6,9-10,17H,3,7-8,11-15H2,1-2H3,(H,20,21). The Labute approximate surface area is 145 Å². The van der Waals surface area contributed by atoms with Gasteiger partial charge in [0.15, 0.2) is 5.96 Å². The highest BCUT2D eigenvalue weighted by Crippen LogP contribution is 2.26. The molecular formula is C19H29N3O2. The zero-order valence-corrected chi connectivity index (χ0v) is 14.8. The van der Waals surface area contributed by atoms with Gasteiger partial charge in [-0.25, -0.2) is 0 Å². The van der Waals surface area contributed by atoms with E-state index in [-0.39, 0.29) is 5.97 Å². The first-order chi connectivity index (χ1) is 11.7. The molecule has 1 atom stereocenters. The number of nitrogens with one attached hydrogen (secondary N) is 1. The van der Waals surface area contributed by atoms with Crippen molar-refractivity contribution in [3.8, 4) is 0 Å². The van der Waals surface area contributed by atoms with Gasteiger partial charge in [-0.15, -0.1) is 0 Å². The Kier molecular flexibility index (Phi) is 7.59. The number of ether oxygens (including phenoxy) is 1. The Hall–Kier alpha value is -2.04. The Morgan fingerprint density at radius 1 is 1.33 bits per heavy atom. The summed E-state index contributed by atoms with van der Waals surface area (Å²) in [6, 6.07) is 10.7. The van der Waals surface area contributed by atoms with Crippen LogP contribution < -0.4 is 5.32 Å². The van der Waals surface area contributed by atoms with Gasteiger partial charge in [0, 0.05) is 38.5 Å². The lowest BCUT2D eigenvalue weighted by Crippen LogP contribution is -2.40. The van der Waals surface area contributed by atoms with Gasteiger partial charge in [0.2, 0.25) is 0 Å². The first-order valence-corrected chi connectivity index (χ1v) is 8.89. The van der Waals surface area contributed by atoms with Crippen LogP contribution in [-0.2, 0) is 9.53 Å². The van der Waals surface area contributed by atoms with Crippen molar-refractivity contribution < 1.29 is 9.53 Å². The van der Waals surface area contributed by atoms with E-state index < -0.39 is 0 Å². The van der Waals surface area contributed by atoms with Crippen LogP contribution in [0.1, 0.15) is 44.1 Å². The topological polar surface area (TPSA) is 53.9 Å². The van der Waals surface area contributed by atoms with Gasteiger partial charge in [0.05, 0.1) is 7.11 Å². The molecule has 0 spiro atoms. The van der Waals surface area contributed by atoms with Crippen molar-refractivity contribution in [3.63, 3.8) is 0 Å². The Bertz CT molecular complexity index is 531. The molecule has 24 heavy (non-hydrogen) atoms. The molecule has 2 rings (SSSR count). The average molecular weight is 331 g/mol. The third kappa shape index (κ3) is 5.55. The number of rotatable bonds is 7. The van der Waals surface area contributed by atoms with Gasteiger partial charge in [-0.05, 0) is 31.7 Å². The number of aliphatic imine (C=N–C) groups is 1. The predicted octanol–water partition coefficient (Wildman–Crippen LogP) is 2.78. The minimum Gasteiger partial charge on any atom is -0.469 e. The average Bonchev–Trinajstić information content (AvgIpc) is 3.11. The van der Waals surface area contributed by atoms with Crippen LogP contribution in [0.25, 0.3) is 0 Å². The molecule has 132 valence electrons. The second-order valence-corrected chi connectivity index (χ2v) is 6.11. The molecule has 0 aliphatic carbocycles. The number of carbonyl (C=O) groups is 1. The summed E-state index contributed by atoms with van der Waals surface area (Å²) in [5, 5.41) is 3.39. The SMILES string of the molecule is CCNC(=NCCCCC(=O)OC)N1CCC(c2ccccc2)C1.